The molecule has 0 spiro atoms. The van der Waals surface area contributed by atoms with E-state index in [1.165, 1.54) is 18.4 Å². The number of rotatable bonds is 2. The molecule has 1 aliphatic carbocycles. The first kappa shape index (κ1) is 10.4. The van der Waals surface area contributed by atoms with Gasteiger partial charge in [0.1, 0.15) is 0 Å². The van der Waals surface area contributed by atoms with Crippen molar-refractivity contribution >= 4 is 33.0 Å². The maximum Gasteiger partial charge on any atom is 0.175 e. The van der Waals surface area contributed by atoms with Crippen molar-refractivity contribution in [3.63, 3.8) is 0 Å². The van der Waals surface area contributed by atoms with Gasteiger partial charge in [-0.3, -0.25) is 4.79 Å². The quantitative estimate of drug-likeness (QED) is 0.738. The van der Waals surface area contributed by atoms with Gasteiger partial charge in [-0.15, -0.1) is 11.3 Å². The summed E-state index contributed by atoms with van der Waals surface area (Å²) in [4.78, 5) is 12.9. The highest BCUT2D eigenvalue weighted by Gasteiger charge is 2.25. The molecule has 0 aliphatic heterocycles. The first-order valence-electron chi connectivity index (χ1n) is 4.98. The van der Waals surface area contributed by atoms with Crippen molar-refractivity contribution in [2.45, 2.75) is 32.6 Å². The number of carbonyl (C=O) groups excluding carboxylic acids is 1. The zero-order valence-corrected chi connectivity index (χ0v) is 10.6. The smallest absolute Gasteiger partial charge is 0.175 e. The van der Waals surface area contributed by atoms with Crippen LogP contribution in [0.2, 0.25) is 0 Å². The maximum atomic E-state index is 12.0. The number of ketones is 1. The van der Waals surface area contributed by atoms with Gasteiger partial charge in [0.25, 0.3) is 0 Å². The fourth-order valence-corrected chi connectivity index (χ4v) is 3.52. The molecule has 1 nitrogen and oxygen atoms in total. The Morgan fingerprint density at radius 3 is 2.64 bits per heavy atom. The minimum Gasteiger partial charge on any atom is -0.293 e. The molecule has 0 unspecified atom stereocenters. The molecular weight excluding hydrogens is 260 g/mol. The van der Waals surface area contributed by atoms with Crippen LogP contribution in [-0.2, 0) is 0 Å². The second kappa shape index (κ2) is 4.15. The SMILES string of the molecule is Cc1cc(C(=O)C2CCCC2)sc1Br. The molecule has 3 heteroatoms. The second-order valence-corrected chi connectivity index (χ2v) is 6.28. The Hall–Kier alpha value is -0.150. The Balaban J connectivity index is 2.18. The highest BCUT2D eigenvalue weighted by Crippen LogP contribution is 2.33. The molecule has 0 atom stereocenters. The molecule has 0 bridgehead atoms. The Morgan fingerprint density at radius 2 is 2.14 bits per heavy atom. The van der Waals surface area contributed by atoms with Crippen molar-refractivity contribution in [3.05, 3.63) is 20.3 Å². The molecule has 1 heterocycles. The third-order valence-corrected chi connectivity index (χ3v) is 4.98. The van der Waals surface area contributed by atoms with Gasteiger partial charge < -0.3 is 0 Å². The van der Waals surface area contributed by atoms with E-state index < -0.39 is 0 Å². The van der Waals surface area contributed by atoms with Crippen LogP contribution in [0, 0.1) is 12.8 Å². The molecule has 14 heavy (non-hydrogen) atoms. The molecule has 1 aromatic heterocycles. The summed E-state index contributed by atoms with van der Waals surface area (Å²) < 4.78 is 1.10. The van der Waals surface area contributed by atoms with E-state index in [4.69, 9.17) is 0 Å². The molecular formula is C11H13BrOS. The van der Waals surface area contributed by atoms with E-state index in [2.05, 4.69) is 15.9 Å². The van der Waals surface area contributed by atoms with E-state index >= 15 is 0 Å². The third kappa shape index (κ3) is 1.94. The lowest BCUT2D eigenvalue weighted by Crippen LogP contribution is -2.08. The summed E-state index contributed by atoms with van der Waals surface area (Å²) in [5.41, 5.74) is 1.18. The first-order chi connectivity index (χ1) is 6.68. The molecule has 2 rings (SSSR count). The predicted octanol–water partition coefficient (Wildman–Crippen LogP) is 4.19. The lowest BCUT2D eigenvalue weighted by Gasteiger charge is -2.04. The van der Waals surface area contributed by atoms with Gasteiger partial charge in [0, 0.05) is 5.92 Å². The van der Waals surface area contributed by atoms with E-state index in [9.17, 15) is 4.79 Å². The van der Waals surface area contributed by atoms with Crippen molar-refractivity contribution in [1.29, 1.82) is 0 Å². The summed E-state index contributed by atoms with van der Waals surface area (Å²) >= 11 is 5.04. The van der Waals surface area contributed by atoms with Crippen molar-refractivity contribution < 1.29 is 4.79 Å². The van der Waals surface area contributed by atoms with Crippen LogP contribution in [0.3, 0.4) is 0 Å². The van der Waals surface area contributed by atoms with Crippen LogP contribution in [0.25, 0.3) is 0 Å². The van der Waals surface area contributed by atoms with Crippen LogP contribution < -0.4 is 0 Å². The minimum absolute atomic E-state index is 0.306. The summed E-state index contributed by atoms with van der Waals surface area (Å²) in [5, 5.41) is 0. The Morgan fingerprint density at radius 1 is 1.50 bits per heavy atom. The number of carbonyl (C=O) groups is 1. The van der Waals surface area contributed by atoms with Gasteiger partial charge in [-0.2, -0.15) is 0 Å². The van der Waals surface area contributed by atoms with Crippen LogP contribution >= 0.6 is 27.3 Å². The maximum absolute atomic E-state index is 12.0. The monoisotopic (exact) mass is 272 g/mol. The number of halogens is 1. The lowest BCUT2D eigenvalue weighted by atomic mass is 10.0. The molecule has 0 N–H and O–H groups in total. The summed E-state index contributed by atoms with van der Waals surface area (Å²) in [6.07, 6.45) is 4.63. The summed E-state index contributed by atoms with van der Waals surface area (Å²) in [6, 6.07) is 2.01. The highest BCUT2D eigenvalue weighted by molar-refractivity contribution is 9.11. The molecule has 0 radical (unpaired) electrons. The molecule has 76 valence electrons. The minimum atomic E-state index is 0.306. The predicted molar refractivity (Wildman–Crippen MR) is 63.0 cm³/mol. The van der Waals surface area contributed by atoms with Gasteiger partial charge in [0.05, 0.1) is 8.66 Å². The van der Waals surface area contributed by atoms with Gasteiger partial charge in [-0.1, -0.05) is 12.8 Å². The van der Waals surface area contributed by atoms with Crippen molar-refractivity contribution in [1.82, 2.24) is 0 Å². The van der Waals surface area contributed by atoms with E-state index in [0.29, 0.717) is 11.7 Å². The molecule has 0 saturated heterocycles. The fourth-order valence-electron chi connectivity index (χ4n) is 1.97. The van der Waals surface area contributed by atoms with Crippen LogP contribution in [0.5, 0.6) is 0 Å². The summed E-state index contributed by atoms with van der Waals surface area (Å²) in [6.45, 7) is 2.03. The summed E-state index contributed by atoms with van der Waals surface area (Å²) in [7, 11) is 0. The topological polar surface area (TPSA) is 17.1 Å². The second-order valence-electron chi connectivity index (χ2n) is 3.91. The number of thiophene rings is 1. The number of hydrogen-bond donors (Lipinski definition) is 0. The molecule has 1 aromatic rings. The van der Waals surface area contributed by atoms with Gasteiger partial charge in [-0.05, 0) is 47.3 Å². The molecule has 1 saturated carbocycles. The third-order valence-electron chi connectivity index (χ3n) is 2.83. The first-order valence-corrected chi connectivity index (χ1v) is 6.59. The van der Waals surface area contributed by atoms with E-state index in [-0.39, 0.29) is 0 Å². The van der Waals surface area contributed by atoms with Gasteiger partial charge in [0.15, 0.2) is 5.78 Å². The fraction of sp³-hybridized carbons (Fsp3) is 0.545. The number of Topliss-reactive ketones (excluding diaryl/α,β-unsaturated/α-hetero) is 1. The van der Waals surface area contributed by atoms with E-state index in [0.717, 1.165) is 21.5 Å². The average molecular weight is 273 g/mol. The Bertz CT molecular complexity index is 331. The van der Waals surface area contributed by atoms with Crippen LogP contribution in [0.4, 0.5) is 0 Å². The largest absolute Gasteiger partial charge is 0.293 e. The van der Waals surface area contributed by atoms with E-state index in [1.54, 1.807) is 11.3 Å². The molecule has 1 aliphatic rings. The van der Waals surface area contributed by atoms with E-state index in [1.807, 2.05) is 13.0 Å². The van der Waals surface area contributed by atoms with Crippen LogP contribution in [-0.4, -0.2) is 5.78 Å². The van der Waals surface area contributed by atoms with Gasteiger partial charge in [-0.25, -0.2) is 0 Å². The standard InChI is InChI=1S/C11H13BrOS/c1-7-6-9(14-11(7)12)10(13)8-4-2-3-5-8/h6,8H,2-5H2,1H3. The zero-order chi connectivity index (χ0) is 10.1. The number of hydrogen-bond acceptors (Lipinski definition) is 2. The van der Waals surface area contributed by atoms with Gasteiger partial charge in [0.2, 0.25) is 0 Å². The molecule has 1 fully saturated rings. The van der Waals surface area contributed by atoms with Gasteiger partial charge >= 0.3 is 0 Å². The van der Waals surface area contributed by atoms with Crippen LogP contribution in [0.15, 0.2) is 9.85 Å². The molecule has 0 amide bonds. The number of aryl methyl sites for hydroxylation is 1. The lowest BCUT2D eigenvalue weighted by molar-refractivity contribution is 0.0927. The molecule has 0 aromatic carbocycles. The highest BCUT2D eigenvalue weighted by atomic mass is 79.9. The van der Waals surface area contributed by atoms with Crippen molar-refractivity contribution in [2.75, 3.05) is 0 Å². The Labute approximate surface area is 96.6 Å². The normalized spacial score (nSPS) is 17.6. The average Bonchev–Trinajstić information content (AvgIpc) is 2.76. The Kier molecular flexibility index (Phi) is 3.07. The summed E-state index contributed by atoms with van der Waals surface area (Å²) in [5.74, 6) is 0.668. The van der Waals surface area contributed by atoms with Crippen LogP contribution in [0.1, 0.15) is 40.9 Å². The van der Waals surface area contributed by atoms with Crippen molar-refractivity contribution in [2.24, 2.45) is 5.92 Å². The van der Waals surface area contributed by atoms with Crippen molar-refractivity contribution in [3.8, 4) is 0 Å². The zero-order valence-electron chi connectivity index (χ0n) is 8.18.